The van der Waals surface area contributed by atoms with E-state index < -0.39 is 4.92 Å². The first-order chi connectivity index (χ1) is 11.7. The van der Waals surface area contributed by atoms with Gasteiger partial charge in [0, 0.05) is 29.4 Å². The summed E-state index contributed by atoms with van der Waals surface area (Å²) < 4.78 is 0. The summed E-state index contributed by atoms with van der Waals surface area (Å²) in [6.07, 6.45) is 0. The van der Waals surface area contributed by atoms with Crippen LogP contribution in [0, 0.1) is 17.0 Å². The molecule has 1 amide bonds. The second-order valence-electron chi connectivity index (χ2n) is 7.07. The Hall–Kier alpha value is -2.69. The van der Waals surface area contributed by atoms with E-state index in [2.05, 4.69) is 0 Å². The Bertz CT molecular complexity index is 807. The van der Waals surface area contributed by atoms with Gasteiger partial charge in [-0.15, -0.1) is 0 Å². The largest absolute Gasteiger partial charge is 0.308 e. The SMILES string of the molecule is CCN(C(=O)c1ccc(C(C)(C)C)c([N+](=O)[O-])c1)c1ccccc1C. The topological polar surface area (TPSA) is 63.5 Å². The number of rotatable bonds is 4. The Morgan fingerprint density at radius 1 is 1.16 bits per heavy atom. The van der Waals surface area contributed by atoms with Crippen LogP contribution in [0.25, 0.3) is 0 Å². The lowest BCUT2D eigenvalue weighted by atomic mass is 9.85. The maximum atomic E-state index is 13.0. The summed E-state index contributed by atoms with van der Waals surface area (Å²) in [5.41, 5.74) is 2.36. The molecule has 0 spiro atoms. The van der Waals surface area contributed by atoms with Crippen LogP contribution in [-0.2, 0) is 5.41 Å². The molecule has 0 aliphatic carbocycles. The summed E-state index contributed by atoms with van der Waals surface area (Å²) in [7, 11) is 0. The predicted molar refractivity (Wildman–Crippen MR) is 100 cm³/mol. The monoisotopic (exact) mass is 340 g/mol. The van der Waals surface area contributed by atoms with Gasteiger partial charge in [0.25, 0.3) is 11.6 Å². The quantitative estimate of drug-likeness (QED) is 0.589. The third-order valence-corrected chi connectivity index (χ3v) is 4.22. The number of hydrogen-bond donors (Lipinski definition) is 0. The van der Waals surface area contributed by atoms with Crippen molar-refractivity contribution < 1.29 is 9.72 Å². The first-order valence-electron chi connectivity index (χ1n) is 8.33. The Labute approximate surface area is 148 Å². The van der Waals surface area contributed by atoms with Crippen LogP contribution in [0.15, 0.2) is 42.5 Å². The highest BCUT2D eigenvalue weighted by molar-refractivity contribution is 6.06. The van der Waals surface area contributed by atoms with Crippen molar-refractivity contribution in [2.45, 2.75) is 40.0 Å². The average molecular weight is 340 g/mol. The number of hydrogen-bond acceptors (Lipinski definition) is 3. The number of anilines is 1. The van der Waals surface area contributed by atoms with Crippen LogP contribution in [0.2, 0.25) is 0 Å². The molecule has 2 aromatic carbocycles. The number of benzene rings is 2. The molecule has 0 bridgehead atoms. The van der Waals surface area contributed by atoms with Gasteiger partial charge in [0.05, 0.1) is 4.92 Å². The third kappa shape index (κ3) is 3.87. The molecule has 132 valence electrons. The molecule has 0 N–H and O–H groups in total. The number of nitro groups is 1. The van der Waals surface area contributed by atoms with Crippen molar-refractivity contribution in [1.29, 1.82) is 0 Å². The molecule has 0 aliphatic rings. The van der Waals surface area contributed by atoms with Crippen LogP contribution < -0.4 is 4.90 Å². The van der Waals surface area contributed by atoms with Gasteiger partial charge in [-0.3, -0.25) is 14.9 Å². The number of amides is 1. The fourth-order valence-corrected chi connectivity index (χ4v) is 2.90. The molecule has 0 aromatic heterocycles. The van der Waals surface area contributed by atoms with Crippen molar-refractivity contribution in [3.8, 4) is 0 Å². The fraction of sp³-hybridized carbons (Fsp3) is 0.350. The van der Waals surface area contributed by atoms with Gasteiger partial charge >= 0.3 is 0 Å². The lowest BCUT2D eigenvalue weighted by Gasteiger charge is -2.24. The molecule has 2 rings (SSSR count). The van der Waals surface area contributed by atoms with Crippen molar-refractivity contribution >= 4 is 17.3 Å². The minimum atomic E-state index is -0.415. The second-order valence-corrected chi connectivity index (χ2v) is 7.07. The highest BCUT2D eigenvalue weighted by Gasteiger charge is 2.27. The zero-order valence-electron chi connectivity index (χ0n) is 15.4. The minimum Gasteiger partial charge on any atom is -0.308 e. The average Bonchev–Trinajstić information content (AvgIpc) is 2.55. The Morgan fingerprint density at radius 3 is 2.32 bits per heavy atom. The second kappa shape index (κ2) is 7.05. The maximum Gasteiger partial charge on any atom is 0.273 e. The van der Waals surface area contributed by atoms with E-state index >= 15 is 0 Å². The Kier molecular flexibility index (Phi) is 5.26. The van der Waals surface area contributed by atoms with Crippen LogP contribution in [0.5, 0.6) is 0 Å². The van der Waals surface area contributed by atoms with Gasteiger partial charge in [-0.05, 0) is 37.0 Å². The van der Waals surface area contributed by atoms with Gasteiger partial charge < -0.3 is 4.90 Å². The summed E-state index contributed by atoms with van der Waals surface area (Å²) in [5, 5.41) is 11.5. The Balaban J connectivity index is 2.50. The highest BCUT2D eigenvalue weighted by atomic mass is 16.6. The van der Waals surface area contributed by atoms with E-state index in [1.165, 1.54) is 6.07 Å². The number of carbonyl (C=O) groups excluding carboxylic acids is 1. The molecular formula is C20H24N2O3. The van der Waals surface area contributed by atoms with Crippen LogP contribution in [-0.4, -0.2) is 17.4 Å². The van der Waals surface area contributed by atoms with Crippen molar-refractivity contribution in [1.82, 2.24) is 0 Å². The molecule has 0 radical (unpaired) electrons. The molecule has 2 aromatic rings. The first kappa shape index (κ1) is 18.6. The van der Waals surface area contributed by atoms with E-state index in [1.807, 2.05) is 58.9 Å². The molecule has 25 heavy (non-hydrogen) atoms. The standard InChI is InChI=1S/C20H24N2O3/c1-6-21(17-10-8-7-9-14(17)2)19(23)15-11-12-16(20(3,4)5)18(13-15)22(24)25/h7-13H,6H2,1-5H3. The molecule has 0 aliphatic heterocycles. The van der Waals surface area contributed by atoms with Gasteiger partial charge in [-0.1, -0.05) is 45.0 Å². The third-order valence-electron chi connectivity index (χ3n) is 4.22. The molecule has 0 saturated carbocycles. The number of aryl methyl sites for hydroxylation is 1. The predicted octanol–water partition coefficient (Wildman–Crippen LogP) is 4.87. The van der Waals surface area contributed by atoms with Crippen molar-refractivity contribution in [2.24, 2.45) is 0 Å². The molecule has 0 fully saturated rings. The van der Waals surface area contributed by atoms with Crippen LogP contribution in [0.3, 0.4) is 0 Å². The lowest BCUT2D eigenvalue weighted by molar-refractivity contribution is -0.386. The van der Waals surface area contributed by atoms with E-state index in [9.17, 15) is 14.9 Å². The van der Waals surface area contributed by atoms with Crippen molar-refractivity contribution in [2.75, 3.05) is 11.4 Å². The zero-order valence-corrected chi connectivity index (χ0v) is 15.4. The fourth-order valence-electron chi connectivity index (χ4n) is 2.90. The summed E-state index contributed by atoms with van der Waals surface area (Å²) in [4.78, 5) is 25.7. The lowest BCUT2D eigenvalue weighted by Crippen LogP contribution is -2.31. The summed E-state index contributed by atoms with van der Waals surface area (Å²) >= 11 is 0. The minimum absolute atomic E-state index is 0.0146. The van der Waals surface area contributed by atoms with Gasteiger partial charge in [0.1, 0.15) is 0 Å². The highest BCUT2D eigenvalue weighted by Crippen LogP contribution is 2.32. The summed E-state index contributed by atoms with van der Waals surface area (Å²) in [6.45, 7) is 10.1. The van der Waals surface area contributed by atoms with Gasteiger partial charge in [0.15, 0.2) is 0 Å². The van der Waals surface area contributed by atoms with Crippen molar-refractivity contribution in [3.05, 3.63) is 69.3 Å². The Morgan fingerprint density at radius 2 is 1.80 bits per heavy atom. The van der Waals surface area contributed by atoms with Crippen molar-refractivity contribution in [3.63, 3.8) is 0 Å². The normalized spacial score (nSPS) is 11.2. The van der Waals surface area contributed by atoms with E-state index in [0.717, 1.165) is 11.3 Å². The number of nitro benzene ring substituents is 1. The number of nitrogens with zero attached hydrogens (tertiary/aromatic N) is 2. The first-order valence-corrected chi connectivity index (χ1v) is 8.33. The van der Waals surface area contributed by atoms with E-state index in [1.54, 1.807) is 17.0 Å². The molecule has 0 saturated heterocycles. The van der Waals surface area contributed by atoms with Gasteiger partial charge in [0.2, 0.25) is 0 Å². The number of carbonyl (C=O) groups is 1. The van der Waals surface area contributed by atoms with Gasteiger partial charge in [-0.25, -0.2) is 0 Å². The molecule has 0 atom stereocenters. The van der Waals surface area contributed by atoms with Gasteiger partial charge in [-0.2, -0.15) is 0 Å². The van der Waals surface area contributed by atoms with E-state index in [4.69, 9.17) is 0 Å². The molecular weight excluding hydrogens is 316 g/mol. The summed E-state index contributed by atoms with van der Waals surface area (Å²) in [5.74, 6) is -0.236. The zero-order chi connectivity index (χ0) is 18.8. The molecule has 0 unspecified atom stereocenters. The van der Waals surface area contributed by atoms with E-state index in [0.29, 0.717) is 17.7 Å². The summed E-state index contributed by atoms with van der Waals surface area (Å²) in [6, 6.07) is 12.4. The molecule has 5 heteroatoms. The van der Waals surface area contributed by atoms with Crippen LogP contribution >= 0.6 is 0 Å². The van der Waals surface area contributed by atoms with Crippen LogP contribution in [0.1, 0.15) is 49.2 Å². The van der Waals surface area contributed by atoms with Crippen LogP contribution in [0.4, 0.5) is 11.4 Å². The maximum absolute atomic E-state index is 13.0. The smallest absolute Gasteiger partial charge is 0.273 e. The number of para-hydroxylation sites is 1. The molecule has 0 heterocycles. The molecule has 5 nitrogen and oxygen atoms in total. The van der Waals surface area contributed by atoms with E-state index in [-0.39, 0.29) is 17.0 Å².